The van der Waals surface area contributed by atoms with Crippen molar-refractivity contribution in [1.82, 2.24) is 0 Å². The number of esters is 1. The number of halogens is 1. The number of hydrogen-bond donors (Lipinski definition) is 0. The lowest BCUT2D eigenvalue weighted by Crippen LogP contribution is -2.17. The van der Waals surface area contributed by atoms with Crippen LogP contribution >= 0.6 is 11.6 Å². The molecule has 3 nitrogen and oxygen atoms in total. The van der Waals surface area contributed by atoms with Crippen LogP contribution in [0.4, 0.5) is 0 Å². The molecule has 2 atom stereocenters. The molecule has 0 unspecified atom stereocenters. The standard InChI is InChI=1S/C8H15ClO3/c1-6(11-3)4-5-12-8(10)7(2)9/h6-7H,4-5H2,1-3H3/t6-,7+/m0/s1. The highest BCUT2D eigenvalue weighted by Crippen LogP contribution is 2.00. The summed E-state index contributed by atoms with van der Waals surface area (Å²) in [7, 11) is 1.62. The molecule has 0 aliphatic carbocycles. The third-order valence-corrected chi connectivity index (χ3v) is 1.67. The van der Waals surface area contributed by atoms with E-state index in [0.29, 0.717) is 13.0 Å². The molecule has 0 aromatic heterocycles. The number of hydrogen-bond acceptors (Lipinski definition) is 3. The largest absolute Gasteiger partial charge is 0.464 e. The Hall–Kier alpha value is -0.280. The van der Waals surface area contributed by atoms with Gasteiger partial charge in [0.25, 0.3) is 0 Å². The van der Waals surface area contributed by atoms with E-state index in [1.165, 1.54) is 0 Å². The predicted molar refractivity (Wildman–Crippen MR) is 47.4 cm³/mol. The Balaban J connectivity index is 3.37. The van der Waals surface area contributed by atoms with E-state index in [2.05, 4.69) is 0 Å². The molecule has 0 heterocycles. The molecule has 0 spiro atoms. The maximum absolute atomic E-state index is 10.8. The number of rotatable bonds is 5. The number of ether oxygens (including phenoxy) is 2. The van der Waals surface area contributed by atoms with Gasteiger partial charge in [-0.15, -0.1) is 11.6 Å². The summed E-state index contributed by atoms with van der Waals surface area (Å²) in [6, 6.07) is 0. The molecule has 4 heteroatoms. The van der Waals surface area contributed by atoms with Crippen LogP contribution in [0.15, 0.2) is 0 Å². The summed E-state index contributed by atoms with van der Waals surface area (Å²) in [6.45, 7) is 3.87. The molecule has 0 aromatic carbocycles. The lowest BCUT2D eigenvalue weighted by Gasteiger charge is -2.09. The van der Waals surface area contributed by atoms with Crippen LogP contribution in [-0.2, 0) is 14.3 Å². The minimum absolute atomic E-state index is 0.114. The third kappa shape index (κ3) is 5.38. The molecule has 0 aliphatic rings. The Morgan fingerprint density at radius 2 is 2.08 bits per heavy atom. The van der Waals surface area contributed by atoms with E-state index in [1.54, 1.807) is 14.0 Å². The van der Waals surface area contributed by atoms with Crippen LogP contribution in [0.25, 0.3) is 0 Å². The van der Waals surface area contributed by atoms with Gasteiger partial charge in [0.05, 0.1) is 12.7 Å². The van der Waals surface area contributed by atoms with Crippen molar-refractivity contribution in [3.63, 3.8) is 0 Å². The van der Waals surface area contributed by atoms with E-state index in [0.717, 1.165) is 0 Å². The smallest absolute Gasteiger partial charge is 0.323 e. The SMILES string of the molecule is CO[C@@H](C)CCOC(=O)[C@@H](C)Cl. The molecule has 72 valence electrons. The summed E-state index contributed by atoms with van der Waals surface area (Å²) < 4.78 is 9.79. The van der Waals surface area contributed by atoms with Gasteiger partial charge in [0, 0.05) is 13.5 Å². The van der Waals surface area contributed by atoms with Crippen molar-refractivity contribution in [2.24, 2.45) is 0 Å². The Labute approximate surface area is 78.0 Å². The van der Waals surface area contributed by atoms with Crippen molar-refractivity contribution in [1.29, 1.82) is 0 Å². The zero-order valence-electron chi connectivity index (χ0n) is 7.67. The summed E-state index contributed by atoms with van der Waals surface area (Å²) in [5.41, 5.74) is 0. The first-order valence-electron chi connectivity index (χ1n) is 3.91. The number of methoxy groups -OCH3 is 1. The van der Waals surface area contributed by atoms with Crippen molar-refractivity contribution in [3.8, 4) is 0 Å². The Bertz CT molecular complexity index is 136. The van der Waals surface area contributed by atoms with Gasteiger partial charge in [-0.3, -0.25) is 4.79 Å². The highest BCUT2D eigenvalue weighted by atomic mass is 35.5. The molecular formula is C8H15ClO3. The van der Waals surface area contributed by atoms with Gasteiger partial charge in [-0.1, -0.05) is 0 Å². The number of alkyl halides is 1. The van der Waals surface area contributed by atoms with Crippen LogP contribution in [0.1, 0.15) is 20.3 Å². The Morgan fingerprint density at radius 1 is 1.50 bits per heavy atom. The van der Waals surface area contributed by atoms with Gasteiger partial charge >= 0.3 is 5.97 Å². The quantitative estimate of drug-likeness (QED) is 0.493. The second-order valence-corrected chi connectivity index (χ2v) is 3.27. The van der Waals surface area contributed by atoms with Crippen LogP contribution in [0.3, 0.4) is 0 Å². The summed E-state index contributed by atoms with van der Waals surface area (Å²) >= 11 is 5.47. The average molecular weight is 195 g/mol. The van der Waals surface area contributed by atoms with Gasteiger partial charge in [0.2, 0.25) is 0 Å². The van der Waals surface area contributed by atoms with Gasteiger partial charge in [0.1, 0.15) is 5.38 Å². The van der Waals surface area contributed by atoms with E-state index < -0.39 is 5.38 Å². The third-order valence-electron chi connectivity index (χ3n) is 1.50. The normalized spacial score (nSPS) is 15.3. The van der Waals surface area contributed by atoms with E-state index in [1.807, 2.05) is 6.92 Å². The van der Waals surface area contributed by atoms with Crippen molar-refractivity contribution >= 4 is 17.6 Å². The van der Waals surface area contributed by atoms with Crippen molar-refractivity contribution < 1.29 is 14.3 Å². The maximum atomic E-state index is 10.8. The summed E-state index contributed by atoms with van der Waals surface area (Å²) in [5, 5.41) is -0.567. The predicted octanol–water partition coefficient (Wildman–Crippen LogP) is 1.58. The molecule has 12 heavy (non-hydrogen) atoms. The lowest BCUT2D eigenvalue weighted by atomic mass is 10.3. The minimum atomic E-state index is -0.567. The van der Waals surface area contributed by atoms with Crippen molar-refractivity contribution in [2.45, 2.75) is 31.7 Å². The second-order valence-electron chi connectivity index (χ2n) is 2.62. The lowest BCUT2D eigenvalue weighted by molar-refractivity contribution is -0.143. The van der Waals surface area contributed by atoms with Gasteiger partial charge in [-0.2, -0.15) is 0 Å². The monoisotopic (exact) mass is 194 g/mol. The molecular weight excluding hydrogens is 180 g/mol. The number of carbonyl (C=O) groups is 1. The van der Waals surface area contributed by atoms with Crippen molar-refractivity contribution in [2.75, 3.05) is 13.7 Å². The van der Waals surface area contributed by atoms with Crippen molar-refractivity contribution in [3.05, 3.63) is 0 Å². The highest BCUT2D eigenvalue weighted by Gasteiger charge is 2.10. The average Bonchev–Trinajstić information content (AvgIpc) is 2.03. The summed E-state index contributed by atoms with van der Waals surface area (Å²) in [4.78, 5) is 10.8. The number of carbonyl (C=O) groups excluding carboxylic acids is 1. The summed E-state index contributed by atoms with van der Waals surface area (Å²) in [6.07, 6.45) is 0.815. The topological polar surface area (TPSA) is 35.5 Å². The molecule has 0 saturated carbocycles. The minimum Gasteiger partial charge on any atom is -0.464 e. The van der Waals surface area contributed by atoms with E-state index in [9.17, 15) is 4.79 Å². The van der Waals surface area contributed by atoms with Crippen LogP contribution in [0, 0.1) is 0 Å². The maximum Gasteiger partial charge on any atom is 0.323 e. The fraction of sp³-hybridized carbons (Fsp3) is 0.875. The second kappa shape index (κ2) is 6.26. The Morgan fingerprint density at radius 3 is 2.50 bits per heavy atom. The molecule has 0 radical (unpaired) electrons. The van der Waals surface area contributed by atoms with E-state index >= 15 is 0 Å². The van der Waals surface area contributed by atoms with E-state index in [4.69, 9.17) is 21.1 Å². The molecule has 0 rings (SSSR count). The molecule has 0 bridgehead atoms. The van der Waals surface area contributed by atoms with Crippen LogP contribution in [0.2, 0.25) is 0 Å². The first-order valence-corrected chi connectivity index (χ1v) is 4.35. The molecule has 0 amide bonds. The first-order chi connectivity index (χ1) is 5.57. The van der Waals surface area contributed by atoms with Crippen LogP contribution < -0.4 is 0 Å². The molecule has 0 aromatic rings. The zero-order chi connectivity index (χ0) is 9.56. The molecule has 0 N–H and O–H groups in total. The molecule has 0 aliphatic heterocycles. The zero-order valence-corrected chi connectivity index (χ0v) is 8.43. The summed E-state index contributed by atoms with van der Waals surface area (Å²) in [5.74, 6) is -0.375. The van der Waals surface area contributed by atoms with E-state index in [-0.39, 0.29) is 12.1 Å². The fourth-order valence-corrected chi connectivity index (χ4v) is 0.621. The molecule has 0 fully saturated rings. The highest BCUT2D eigenvalue weighted by molar-refractivity contribution is 6.29. The van der Waals surface area contributed by atoms with Gasteiger partial charge in [0.15, 0.2) is 0 Å². The van der Waals surface area contributed by atoms with Crippen LogP contribution in [0.5, 0.6) is 0 Å². The first kappa shape index (κ1) is 11.7. The molecule has 0 saturated heterocycles. The fourth-order valence-electron chi connectivity index (χ4n) is 0.558. The van der Waals surface area contributed by atoms with Gasteiger partial charge in [-0.25, -0.2) is 0 Å². The van der Waals surface area contributed by atoms with Crippen LogP contribution in [-0.4, -0.2) is 31.2 Å². The Kier molecular flexibility index (Phi) is 6.11. The van der Waals surface area contributed by atoms with Gasteiger partial charge < -0.3 is 9.47 Å². The van der Waals surface area contributed by atoms with Gasteiger partial charge in [-0.05, 0) is 13.8 Å².